The van der Waals surface area contributed by atoms with Crippen LogP contribution in [0.2, 0.25) is 0 Å². The zero-order valence-electron chi connectivity index (χ0n) is 13.1. The largest absolute Gasteiger partial charge is 0.491 e. The third-order valence-electron chi connectivity index (χ3n) is 3.55. The molecule has 0 spiro atoms. The monoisotopic (exact) mass is 327 g/mol. The van der Waals surface area contributed by atoms with E-state index in [9.17, 15) is 13.2 Å². The number of hydrogen-bond donors (Lipinski definition) is 1. The van der Waals surface area contributed by atoms with Gasteiger partial charge in [0.15, 0.2) is 0 Å². The lowest BCUT2D eigenvalue weighted by molar-refractivity contribution is -0.169. The molecule has 6 heteroatoms. The third kappa shape index (κ3) is 5.41. The Morgan fingerprint density at radius 1 is 1.17 bits per heavy atom. The third-order valence-corrected chi connectivity index (χ3v) is 3.55. The van der Waals surface area contributed by atoms with Gasteiger partial charge in [-0.25, -0.2) is 5.32 Å². The summed E-state index contributed by atoms with van der Waals surface area (Å²) in [4.78, 5) is 0. The van der Waals surface area contributed by atoms with Gasteiger partial charge in [-0.05, 0) is 36.6 Å². The predicted octanol–water partition coefficient (Wildman–Crippen LogP) is 3.92. The summed E-state index contributed by atoms with van der Waals surface area (Å²) >= 11 is 0. The van der Waals surface area contributed by atoms with Crippen LogP contribution in [-0.4, -0.2) is 32.2 Å². The van der Waals surface area contributed by atoms with Gasteiger partial charge in [0.2, 0.25) is 0 Å². The Morgan fingerprint density at radius 3 is 2.39 bits per heavy atom. The minimum atomic E-state index is -4.40. The van der Waals surface area contributed by atoms with Crippen molar-refractivity contribution in [1.82, 2.24) is 5.32 Å². The van der Waals surface area contributed by atoms with E-state index < -0.39 is 11.8 Å². The van der Waals surface area contributed by atoms with Crippen molar-refractivity contribution in [3.8, 4) is 5.75 Å². The zero-order chi connectivity index (χ0) is 16.9. The number of hydrogen-bond acceptors (Lipinski definition) is 3. The molecule has 126 valence electrons. The van der Waals surface area contributed by atoms with Gasteiger partial charge in [-0.15, -0.1) is 0 Å². The fourth-order valence-corrected chi connectivity index (χ4v) is 2.35. The van der Waals surface area contributed by atoms with Crippen molar-refractivity contribution >= 4 is 5.57 Å². The molecule has 0 heterocycles. The molecule has 1 aliphatic rings. The minimum absolute atomic E-state index is 0.268. The Kier molecular flexibility index (Phi) is 5.49. The maximum Gasteiger partial charge on any atom is 0.457 e. The lowest BCUT2D eigenvalue weighted by Crippen LogP contribution is -2.49. The summed E-state index contributed by atoms with van der Waals surface area (Å²) in [6.45, 7) is 2.51. The highest BCUT2D eigenvalue weighted by atomic mass is 19.4. The van der Waals surface area contributed by atoms with Crippen LogP contribution in [0.3, 0.4) is 0 Å². The average Bonchev–Trinajstić information content (AvgIpc) is 2.47. The van der Waals surface area contributed by atoms with E-state index >= 15 is 0 Å². The van der Waals surface area contributed by atoms with Crippen molar-refractivity contribution in [2.75, 3.05) is 20.3 Å². The van der Waals surface area contributed by atoms with Gasteiger partial charge in [-0.2, -0.15) is 13.2 Å². The summed E-state index contributed by atoms with van der Waals surface area (Å²) < 4.78 is 47.9. The summed E-state index contributed by atoms with van der Waals surface area (Å²) in [7, 11) is 1.61. The van der Waals surface area contributed by atoms with Gasteiger partial charge < -0.3 is 9.47 Å². The van der Waals surface area contributed by atoms with Crippen LogP contribution in [0.1, 0.15) is 18.9 Å². The molecule has 1 aromatic rings. The maximum absolute atomic E-state index is 12.5. The van der Waals surface area contributed by atoms with Crippen molar-refractivity contribution < 1.29 is 22.6 Å². The van der Waals surface area contributed by atoms with Gasteiger partial charge in [-0.1, -0.05) is 30.4 Å². The lowest BCUT2D eigenvalue weighted by atomic mass is 9.88. The molecule has 0 aliphatic heterocycles. The van der Waals surface area contributed by atoms with Crippen molar-refractivity contribution in [1.29, 1.82) is 0 Å². The zero-order valence-corrected chi connectivity index (χ0v) is 13.1. The fourth-order valence-electron chi connectivity index (χ4n) is 2.35. The van der Waals surface area contributed by atoms with Crippen LogP contribution < -0.4 is 10.1 Å². The smallest absolute Gasteiger partial charge is 0.457 e. The second kappa shape index (κ2) is 7.19. The number of nitrogens with one attached hydrogen (secondary N) is 1. The Morgan fingerprint density at radius 2 is 1.87 bits per heavy atom. The average molecular weight is 327 g/mol. The molecule has 23 heavy (non-hydrogen) atoms. The highest BCUT2D eigenvalue weighted by molar-refractivity contribution is 5.75. The van der Waals surface area contributed by atoms with Crippen LogP contribution in [-0.2, 0) is 4.74 Å². The molecule has 0 unspecified atom stereocenters. The fraction of sp³-hybridized carbons (Fsp3) is 0.412. The summed E-state index contributed by atoms with van der Waals surface area (Å²) in [6.07, 6.45) is 0.942. The Balaban J connectivity index is 1.99. The molecule has 0 saturated carbocycles. The molecule has 1 N–H and O–H groups in total. The van der Waals surface area contributed by atoms with E-state index in [2.05, 4.69) is 0 Å². The van der Waals surface area contributed by atoms with Crippen LogP contribution in [0.15, 0.2) is 42.5 Å². The van der Waals surface area contributed by atoms with E-state index in [1.165, 1.54) is 6.92 Å². The Labute approximate surface area is 133 Å². The van der Waals surface area contributed by atoms with E-state index in [-0.39, 0.29) is 6.42 Å². The topological polar surface area (TPSA) is 30.5 Å². The quantitative estimate of drug-likeness (QED) is 0.634. The molecule has 1 atom stereocenters. The maximum atomic E-state index is 12.5. The van der Waals surface area contributed by atoms with Crippen LogP contribution in [0.5, 0.6) is 5.75 Å². The number of alkyl halides is 3. The SMILES string of the molecule is COCCOc1ccc(C2=CC[C@@](C)(NC(F)(F)F)C=C2)cc1. The first-order valence-corrected chi connectivity index (χ1v) is 7.29. The molecular formula is C17H20F3NO2. The summed E-state index contributed by atoms with van der Waals surface area (Å²) in [6, 6.07) is 7.44. The highest BCUT2D eigenvalue weighted by Crippen LogP contribution is 2.30. The van der Waals surface area contributed by atoms with Gasteiger partial charge in [0.1, 0.15) is 12.4 Å². The van der Waals surface area contributed by atoms with Crippen molar-refractivity contribution in [2.45, 2.75) is 25.2 Å². The van der Waals surface area contributed by atoms with Crippen LogP contribution in [0, 0.1) is 0 Å². The van der Waals surface area contributed by atoms with E-state index in [1.807, 2.05) is 24.3 Å². The van der Waals surface area contributed by atoms with Gasteiger partial charge in [0, 0.05) is 12.6 Å². The molecule has 0 saturated heterocycles. The predicted molar refractivity (Wildman–Crippen MR) is 83.1 cm³/mol. The molecule has 3 nitrogen and oxygen atoms in total. The number of rotatable bonds is 6. The standard InChI is InChI=1S/C17H20F3NO2/c1-16(21-17(18,19)20)9-7-14(8-10-16)13-3-5-15(6-4-13)23-12-11-22-2/h3-9,21H,10-12H2,1-2H3/t16-/m0/s1. The van der Waals surface area contributed by atoms with Gasteiger partial charge >= 0.3 is 6.30 Å². The number of methoxy groups -OCH3 is 1. The molecule has 0 bridgehead atoms. The molecular weight excluding hydrogens is 307 g/mol. The van der Waals surface area contributed by atoms with Crippen molar-refractivity contribution in [3.63, 3.8) is 0 Å². The minimum Gasteiger partial charge on any atom is -0.491 e. The molecule has 1 aliphatic carbocycles. The van der Waals surface area contributed by atoms with Crippen LogP contribution in [0.4, 0.5) is 13.2 Å². The number of halogens is 3. The Hall–Kier alpha value is -1.79. The summed E-state index contributed by atoms with van der Waals surface area (Å²) in [5, 5.41) is 1.68. The van der Waals surface area contributed by atoms with E-state index in [0.29, 0.717) is 13.2 Å². The van der Waals surface area contributed by atoms with E-state index in [0.717, 1.165) is 16.9 Å². The first-order chi connectivity index (χ1) is 10.8. The number of benzene rings is 1. The molecule has 1 aromatic carbocycles. The lowest BCUT2D eigenvalue weighted by Gasteiger charge is -2.30. The van der Waals surface area contributed by atoms with Gasteiger partial charge in [0.05, 0.1) is 6.61 Å². The van der Waals surface area contributed by atoms with Gasteiger partial charge in [0.25, 0.3) is 0 Å². The second-order valence-corrected chi connectivity index (χ2v) is 5.60. The summed E-state index contributed by atoms with van der Waals surface area (Å²) in [5.74, 6) is 0.731. The summed E-state index contributed by atoms with van der Waals surface area (Å²) in [5.41, 5.74) is 0.731. The highest BCUT2D eigenvalue weighted by Gasteiger charge is 2.37. The molecule has 0 radical (unpaired) electrons. The normalized spacial score (nSPS) is 21.2. The molecule has 2 rings (SSSR count). The Bertz CT molecular complexity index is 578. The van der Waals surface area contributed by atoms with Crippen LogP contribution in [0.25, 0.3) is 5.57 Å². The first kappa shape index (κ1) is 17.6. The van der Waals surface area contributed by atoms with Crippen LogP contribution >= 0.6 is 0 Å². The molecule has 0 fully saturated rings. The van der Waals surface area contributed by atoms with Crippen molar-refractivity contribution in [2.24, 2.45) is 0 Å². The molecule has 0 amide bonds. The second-order valence-electron chi connectivity index (χ2n) is 5.60. The number of ether oxygens (including phenoxy) is 2. The molecule has 0 aromatic heterocycles. The number of allylic oxidation sites excluding steroid dienone is 2. The first-order valence-electron chi connectivity index (χ1n) is 7.29. The van der Waals surface area contributed by atoms with E-state index in [1.54, 1.807) is 30.7 Å². The van der Waals surface area contributed by atoms with Crippen molar-refractivity contribution in [3.05, 3.63) is 48.1 Å². The van der Waals surface area contributed by atoms with E-state index in [4.69, 9.17) is 9.47 Å². The van der Waals surface area contributed by atoms with Gasteiger partial charge in [-0.3, -0.25) is 0 Å².